The second-order valence-corrected chi connectivity index (χ2v) is 5.75. The largest absolute Gasteiger partial charge is 0.476 e. The Hall–Kier alpha value is -2.63. The summed E-state index contributed by atoms with van der Waals surface area (Å²) in [6.07, 6.45) is 1.50. The van der Waals surface area contributed by atoms with Crippen molar-refractivity contribution in [2.24, 2.45) is 0 Å². The van der Waals surface area contributed by atoms with Gasteiger partial charge in [-0.2, -0.15) is 5.10 Å². The Morgan fingerprint density at radius 3 is 2.48 bits per heavy atom. The normalized spacial score (nSPS) is 13.4. The second-order valence-electron chi connectivity index (χ2n) is 5.75. The van der Waals surface area contributed by atoms with Crippen LogP contribution in [0.15, 0.2) is 30.5 Å². The number of carboxylic acid groups (broad SMARTS) is 1. The molecule has 2 N–H and O–H groups in total. The smallest absolute Gasteiger partial charge is 0.356 e. The molecular formula is C17H21N3O3. The maximum atomic E-state index is 12.4. The van der Waals surface area contributed by atoms with Crippen LogP contribution in [0.5, 0.6) is 0 Å². The molecule has 2 atom stereocenters. The third-order valence-electron chi connectivity index (χ3n) is 3.85. The van der Waals surface area contributed by atoms with Gasteiger partial charge in [-0.25, -0.2) is 4.79 Å². The Morgan fingerprint density at radius 1 is 1.22 bits per heavy atom. The van der Waals surface area contributed by atoms with E-state index in [4.69, 9.17) is 5.11 Å². The molecule has 0 saturated heterocycles. The summed E-state index contributed by atoms with van der Waals surface area (Å²) in [4.78, 5) is 23.2. The van der Waals surface area contributed by atoms with E-state index in [9.17, 15) is 9.59 Å². The van der Waals surface area contributed by atoms with E-state index in [0.29, 0.717) is 0 Å². The van der Waals surface area contributed by atoms with Gasteiger partial charge in [-0.05, 0) is 44.9 Å². The lowest BCUT2D eigenvalue weighted by molar-refractivity contribution is -0.124. The van der Waals surface area contributed by atoms with Gasteiger partial charge in [0.2, 0.25) is 5.91 Å². The Bertz CT molecular complexity index is 736. The summed E-state index contributed by atoms with van der Waals surface area (Å²) in [5.74, 6) is -1.32. The van der Waals surface area contributed by atoms with Crippen LogP contribution in [0, 0.1) is 13.8 Å². The first kappa shape index (κ1) is 16.7. The number of amides is 1. The van der Waals surface area contributed by atoms with Crippen molar-refractivity contribution < 1.29 is 14.7 Å². The highest BCUT2D eigenvalue weighted by atomic mass is 16.4. The number of hydrogen-bond acceptors (Lipinski definition) is 3. The van der Waals surface area contributed by atoms with Crippen LogP contribution in [-0.2, 0) is 4.79 Å². The highest BCUT2D eigenvalue weighted by Gasteiger charge is 2.20. The van der Waals surface area contributed by atoms with Gasteiger partial charge in [0.25, 0.3) is 0 Å². The monoisotopic (exact) mass is 315 g/mol. The molecule has 1 aromatic heterocycles. The molecule has 1 heterocycles. The van der Waals surface area contributed by atoms with Gasteiger partial charge in [0.1, 0.15) is 6.04 Å². The maximum absolute atomic E-state index is 12.4. The molecule has 0 aliphatic rings. The van der Waals surface area contributed by atoms with Gasteiger partial charge in [-0.3, -0.25) is 9.48 Å². The van der Waals surface area contributed by atoms with Crippen LogP contribution in [0.3, 0.4) is 0 Å². The van der Waals surface area contributed by atoms with Gasteiger partial charge in [0, 0.05) is 6.20 Å². The molecular weight excluding hydrogens is 294 g/mol. The molecule has 6 nitrogen and oxygen atoms in total. The minimum Gasteiger partial charge on any atom is -0.476 e. The van der Waals surface area contributed by atoms with E-state index in [2.05, 4.69) is 16.5 Å². The standard InChI is InChI=1S/C17H21N3O3/c1-10-5-6-14(11(2)9-10)12(3)18-16(21)13(4)20-8-7-15(19-20)17(22)23/h5-9,12-13H,1-4H3,(H,18,21)(H,22,23). The van der Waals surface area contributed by atoms with Gasteiger partial charge in [0.15, 0.2) is 5.69 Å². The fraction of sp³-hybridized carbons (Fsp3) is 0.353. The molecule has 2 rings (SSSR count). The van der Waals surface area contributed by atoms with Gasteiger partial charge in [-0.15, -0.1) is 0 Å². The molecule has 0 aliphatic heterocycles. The van der Waals surface area contributed by atoms with Crippen molar-refractivity contribution in [3.63, 3.8) is 0 Å². The zero-order valence-corrected chi connectivity index (χ0v) is 13.7. The summed E-state index contributed by atoms with van der Waals surface area (Å²) in [5.41, 5.74) is 3.28. The van der Waals surface area contributed by atoms with E-state index < -0.39 is 12.0 Å². The van der Waals surface area contributed by atoms with Gasteiger partial charge >= 0.3 is 5.97 Å². The van der Waals surface area contributed by atoms with Gasteiger partial charge < -0.3 is 10.4 Å². The zero-order chi connectivity index (χ0) is 17.1. The van der Waals surface area contributed by atoms with Crippen LogP contribution >= 0.6 is 0 Å². The third kappa shape index (κ3) is 3.77. The molecule has 1 amide bonds. The average molecular weight is 315 g/mol. The first-order valence-electron chi connectivity index (χ1n) is 7.45. The zero-order valence-electron chi connectivity index (χ0n) is 13.7. The third-order valence-corrected chi connectivity index (χ3v) is 3.85. The highest BCUT2D eigenvalue weighted by Crippen LogP contribution is 2.19. The minimum absolute atomic E-state index is 0.0768. The average Bonchev–Trinajstić information content (AvgIpc) is 2.96. The van der Waals surface area contributed by atoms with E-state index in [1.165, 1.54) is 22.5 Å². The van der Waals surface area contributed by atoms with Crippen molar-refractivity contribution in [1.29, 1.82) is 0 Å². The van der Waals surface area contributed by atoms with E-state index in [1.807, 2.05) is 32.9 Å². The summed E-state index contributed by atoms with van der Waals surface area (Å²) in [5, 5.41) is 15.7. The van der Waals surface area contributed by atoms with E-state index in [0.717, 1.165) is 11.1 Å². The molecule has 0 bridgehead atoms. The molecule has 23 heavy (non-hydrogen) atoms. The van der Waals surface area contributed by atoms with E-state index in [1.54, 1.807) is 6.92 Å². The van der Waals surface area contributed by atoms with E-state index >= 15 is 0 Å². The number of aromatic nitrogens is 2. The van der Waals surface area contributed by atoms with Crippen molar-refractivity contribution in [3.8, 4) is 0 Å². The lowest BCUT2D eigenvalue weighted by atomic mass is 10.00. The highest BCUT2D eigenvalue weighted by molar-refractivity contribution is 5.85. The number of nitrogens with zero attached hydrogens (tertiary/aromatic N) is 2. The number of carboxylic acids is 1. The number of aromatic carboxylic acids is 1. The summed E-state index contributed by atoms with van der Waals surface area (Å²) in [7, 11) is 0. The van der Waals surface area contributed by atoms with Crippen LogP contribution in [0.1, 0.15) is 53.1 Å². The van der Waals surface area contributed by atoms with Gasteiger partial charge in [-0.1, -0.05) is 23.8 Å². The summed E-state index contributed by atoms with van der Waals surface area (Å²) < 4.78 is 1.35. The first-order chi connectivity index (χ1) is 10.8. The number of carbonyl (C=O) groups is 2. The number of aryl methyl sites for hydroxylation is 2. The van der Waals surface area contributed by atoms with Crippen LogP contribution in [0.4, 0.5) is 0 Å². The fourth-order valence-electron chi connectivity index (χ4n) is 2.51. The summed E-state index contributed by atoms with van der Waals surface area (Å²) in [6.45, 7) is 7.65. The Kier molecular flexibility index (Phi) is 4.83. The Balaban J connectivity index is 2.09. The number of hydrogen-bond donors (Lipinski definition) is 2. The van der Waals surface area contributed by atoms with Crippen LogP contribution in [0.25, 0.3) is 0 Å². The lowest BCUT2D eigenvalue weighted by Gasteiger charge is -2.20. The second kappa shape index (κ2) is 6.64. The van der Waals surface area contributed by atoms with Gasteiger partial charge in [0.05, 0.1) is 6.04 Å². The van der Waals surface area contributed by atoms with Crippen LogP contribution in [-0.4, -0.2) is 26.8 Å². The maximum Gasteiger partial charge on any atom is 0.356 e. The quantitative estimate of drug-likeness (QED) is 0.888. The van der Waals surface area contributed by atoms with Crippen molar-refractivity contribution in [2.75, 3.05) is 0 Å². The van der Waals surface area contributed by atoms with E-state index in [-0.39, 0.29) is 17.6 Å². The van der Waals surface area contributed by atoms with Crippen LogP contribution in [0.2, 0.25) is 0 Å². The fourth-order valence-corrected chi connectivity index (χ4v) is 2.51. The minimum atomic E-state index is -1.11. The Morgan fingerprint density at radius 2 is 1.91 bits per heavy atom. The summed E-state index contributed by atoms with van der Waals surface area (Å²) in [6, 6.07) is 6.75. The number of nitrogens with one attached hydrogen (secondary N) is 1. The predicted octanol–water partition coefficient (Wildman–Crippen LogP) is 2.64. The molecule has 0 spiro atoms. The predicted molar refractivity (Wildman–Crippen MR) is 86.4 cm³/mol. The molecule has 0 radical (unpaired) electrons. The molecule has 2 unspecified atom stereocenters. The molecule has 0 aliphatic carbocycles. The molecule has 2 aromatic rings. The number of carbonyl (C=O) groups excluding carboxylic acids is 1. The SMILES string of the molecule is Cc1ccc(C(C)NC(=O)C(C)n2ccc(C(=O)O)n2)c(C)c1. The van der Waals surface area contributed by atoms with Crippen molar-refractivity contribution in [3.05, 3.63) is 52.8 Å². The first-order valence-corrected chi connectivity index (χ1v) is 7.45. The van der Waals surface area contributed by atoms with Crippen molar-refractivity contribution in [2.45, 2.75) is 39.8 Å². The summed E-state index contributed by atoms with van der Waals surface area (Å²) >= 11 is 0. The molecule has 1 aromatic carbocycles. The van der Waals surface area contributed by atoms with Crippen molar-refractivity contribution in [1.82, 2.24) is 15.1 Å². The lowest BCUT2D eigenvalue weighted by Crippen LogP contribution is -2.33. The Labute approximate surface area is 135 Å². The number of benzene rings is 1. The molecule has 6 heteroatoms. The molecule has 122 valence electrons. The molecule has 0 saturated carbocycles. The number of rotatable bonds is 5. The van der Waals surface area contributed by atoms with Crippen molar-refractivity contribution >= 4 is 11.9 Å². The molecule has 0 fully saturated rings. The topological polar surface area (TPSA) is 84.2 Å². The van der Waals surface area contributed by atoms with Crippen LogP contribution < -0.4 is 5.32 Å².